The van der Waals surface area contributed by atoms with E-state index in [9.17, 15) is 9.59 Å². The van der Waals surface area contributed by atoms with Crippen molar-refractivity contribution in [3.05, 3.63) is 28.7 Å². The number of nitrogens with one attached hydrogen (secondary N) is 1. The van der Waals surface area contributed by atoms with Crippen LogP contribution < -0.4 is 10.6 Å². The van der Waals surface area contributed by atoms with E-state index in [-0.39, 0.29) is 11.6 Å². The highest BCUT2D eigenvalue weighted by Crippen LogP contribution is 2.19. The van der Waals surface area contributed by atoms with Crippen LogP contribution in [0.15, 0.2) is 23.0 Å². The van der Waals surface area contributed by atoms with Gasteiger partial charge in [-0.1, -0.05) is 0 Å². The molecule has 0 atom stereocenters. The lowest BCUT2D eigenvalue weighted by molar-refractivity contribution is -0.115. The first-order chi connectivity index (χ1) is 8.04. The Labute approximate surface area is 96.7 Å². The molecule has 1 N–H and O–H groups in total. The van der Waals surface area contributed by atoms with Gasteiger partial charge in [-0.05, 0) is 18.2 Å². The van der Waals surface area contributed by atoms with Gasteiger partial charge in [-0.2, -0.15) is 5.26 Å². The number of nitriles is 1. The zero-order chi connectivity index (χ0) is 12.6. The van der Waals surface area contributed by atoms with Crippen LogP contribution in [0.3, 0.4) is 0 Å². The number of aryl methyl sites for hydroxylation is 1. The van der Waals surface area contributed by atoms with Crippen LogP contribution in [0.5, 0.6) is 0 Å². The molecule has 0 fully saturated rings. The maximum atomic E-state index is 11.4. The smallest absolute Gasteiger partial charge is 0.305 e. The molecule has 1 aromatic carbocycles. The van der Waals surface area contributed by atoms with E-state index >= 15 is 0 Å². The summed E-state index contributed by atoms with van der Waals surface area (Å²) in [6, 6.07) is 4.91. The summed E-state index contributed by atoms with van der Waals surface area (Å²) < 4.78 is 1.46. The molecular formula is C11H10N4O2. The number of carbonyl (C=O) groups is 1. The number of carbonyl (C=O) groups excluding carboxylic acids is 1. The Bertz CT molecular complexity index is 690. The van der Waals surface area contributed by atoms with Crippen LogP contribution in [0.1, 0.15) is 6.92 Å². The lowest BCUT2D eigenvalue weighted by Gasteiger charge is -2.10. The quantitative estimate of drug-likeness (QED) is 0.578. The highest BCUT2D eigenvalue weighted by molar-refractivity contribution is 5.96. The van der Waals surface area contributed by atoms with E-state index in [0.29, 0.717) is 11.2 Å². The molecule has 1 heterocycles. The summed E-state index contributed by atoms with van der Waals surface area (Å²) in [5.41, 5.74) is 1.52. The fourth-order valence-electron chi connectivity index (χ4n) is 1.67. The minimum Gasteiger partial charge on any atom is -0.305 e. The fraction of sp³-hybridized carbons (Fsp3) is 0.182. The topological polar surface area (TPSA) is 81.9 Å². The third kappa shape index (κ3) is 1.67. The number of H-pyrrole nitrogens is 1. The number of nitrogens with zero attached hydrogens (tertiary/aromatic N) is 3. The average Bonchev–Trinajstić information content (AvgIpc) is 2.55. The maximum Gasteiger partial charge on any atom is 0.326 e. The second-order valence-electron chi connectivity index (χ2n) is 3.65. The number of hydrogen-bond donors (Lipinski definition) is 1. The van der Waals surface area contributed by atoms with Gasteiger partial charge in [0.2, 0.25) is 5.91 Å². The Morgan fingerprint density at radius 1 is 1.53 bits per heavy atom. The van der Waals surface area contributed by atoms with Crippen molar-refractivity contribution in [3.8, 4) is 6.19 Å². The van der Waals surface area contributed by atoms with Crippen LogP contribution in [-0.4, -0.2) is 15.5 Å². The third-order valence-corrected chi connectivity index (χ3v) is 2.56. The average molecular weight is 230 g/mol. The molecule has 0 spiro atoms. The molecule has 1 aromatic heterocycles. The second kappa shape index (κ2) is 3.79. The number of anilines is 1. The van der Waals surface area contributed by atoms with E-state index < -0.39 is 0 Å². The SMILES string of the molecule is CC(=O)N(C#N)c1ccc2c(c1)[nH]c(=O)n2C. The van der Waals surface area contributed by atoms with Crippen molar-refractivity contribution in [1.29, 1.82) is 5.26 Å². The van der Waals surface area contributed by atoms with Crippen molar-refractivity contribution in [2.24, 2.45) is 7.05 Å². The predicted molar refractivity (Wildman–Crippen MR) is 62.3 cm³/mol. The van der Waals surface area contributed by atoms with Crippen LogP contribution in [0.25, 0.3) is 11.0 Å². The number of amides is 1. The molecule has 17 heavy (non-hydrogen) atoms. The van der Waals surface area contributed by atoms with E-state index in [1.807, 2.05) is 0 Å². The van der Waals surface area contributed by atoms with Gasteiger partial charge in [-0.3, -0.25) is 9.36 Å². The van der Waals surface area contributed by atoms with Crippen LogP contribution >= 0.6 is 0 Å². The summed E-state index contributed by atoms with van der Waals surface area (Å²) in [4.78, 5) is 26.2. The number of benzene rings is 1. The van der Waals surface area contributed by atoms with E-state index in [2.05, 4.69) is 4.98 Å². The van der Waals surface area contributed by atoms with E-state index in [1.54, 1.807) is 31.4 Å². The van der Waals surface area contributed by atoms with E-state index in [1.165, 1.54) is 11.5 Å². The van der Waals surface area contributed by atoms with Crippen LogP contribution in [0.4, 0.5) is 5.69 Å². The maximum absolute atomic E-state index is 11.4. The first kappa shape index (κ1) is 11.0. The molecule has 1 amide bonds. The van der Waals surface area contributed by atoms with Gasteiger partial charge in [0.25, 0.3) is 0 Å². The summed E-state index contributed by atoms with van der Waals surface area (Å²) in [6.07, 6.45) is 1.79. The highest BCUT2D eigenvalue weighted by Gasteiger charge is 2.12. The molecule has 0 aliphatic rings. The van der Waals surface area contributed by atoms with Gasteiger partial charge in [-0.15, -0.1) is 0 Å². The van der Waals surface area contributed by atoms with Crippen molar-refractivity contribution in [2.75, 3.05) is 4.90 Å². The summed E-state index contributed by atoms with van der Waals surface area (Å²) in [7, 11) is 1.65. The van der Waals surface area contributed by atoms with E-state index in [4.69, 9.17) is 5.26 Å². The van der Waals surface area contributed by atoms with Crippen molar-refractivity contribution in [1.82, 2.24) is 9.55 Å². The number of fused-ring (bicyclic) bond motifs is 1. The molecule has 0 bridgehead atoms. The standard InChI is InChI=1S/C11H10N4O2/c1-7(16)15(6-12)8-3-4-10-9(5-8)13-11(17)14(10)2/h3-5H,1-2H3,(H,13,17). The normalized spacial score (nSPS) is 10.2. The van der Waals surface area contributed by atoms with Crippen LogP contribution in [-0.2, 0) is 11.8 Å². The predicted octanol–water partition coefficient (Wildman–Crippen LogP) is 0.701. The zero-order valence-electron chi connectivity index (χ0n) is 9.39. The summed E-state index contributed by atoms with van der Waals surface area (Å²) >= 11 is 0. The molecule has 0 saturated carbocycles. The Morgan fingerprint density at radius 3 is 2.82 bits per heavy atom. The lowest BCUT2D eigenvalue weighted by atomic mass is 10.2. The molecule has 6 heteroatoms. The Morgan fingerprint density at radius 2 is 2.24 bits per heavy atom. The molecule has 2 rings (SSSR count). The van der Waals surface area contributed by atoms with Gasteiger partial charge >= 0.3 is 5.69 Å². The van der Waals surface area contributed by atoms with Crippen molar-refractivity contribution < 1.29 is 4.79 Å². The van der Waals surface area contributed by atoms with Crippen molar-refractivity contribution in [2.45, 2.75) is 6.92 Å². The second-order valence-corrected chi connectivity index (χ2v) is 3.65. The Hall–Kier alpha value is -2.55. The van der Waals surface area contributed by atoms with Gasteiger partial charge in [0.05, 0.1) is 16.7 Å². The minimum atomic E-state index is -0.370. The van der Waals surface area contributed by atoms with Gasteiger partial charge in [0.15, 0.2) is 6.19 Å². The molecule has 0 aliphatic carbocycles. The first-order valence-corrected chi connectivity index (χ1v) is 4.94. The molecule has 0 unspecified atom stereocenters. The minimum absolute atomic E-state index is 0.233. The Kier molecular flexibility index (Phi) is 2.44. The molecular weight excluding hydrogens is 220 g/mol. The number of aromatic amines is 1. The summed E-state index contributed by atoms with van der Waals surface area (Å²) in [5.74, 6) is -0.370. The van der Waals surface area contributed by atoms with Gasteiger partial charge in [-0.25, -0.2) is 9.69 Å². The van der Waals surface area contributed by atoms with Gasteiger partial charge in [0.1, 0.15) is 0 Å². The number of aromatic nitrogens is 2. The zero-order valence-corrected chi connectivity index (χ0v) is 9.39. The Balaban J connectivity index is 2.63. The van der Waals surface area contributed by atoms with Gasteiger partial charge in [0, 0.05) is 14.0 Å². The molecule has 2 aromatic rings. The van der Waals surface area contributed by atoms with E-state index in [0.717, 1.165) is 10.4 Å². The molecule has 6 nitrogen and oxygen atoms in total. The molecule has 86 valence electrons. The highest BCUT2D eigenvalue weighted by atomic mass is 16.2. The monoisotopic (exact) mass is 230 g/mol. The molecule has 0 radical (unpaired) electrons. The van der Waals surface area contributed by atoms with Crippen molar-refractivity contribution >= 4 is 22.6 Å². The third-order valence-electron chi connectivity index (χ3n) is 2.56. The van der Waals surface area contributed by atoms with Crippen LogP contribution in [0.2, 0.25) is 0 Å². The van der Waals surface area contributed by atoms with Crippen LogP contribution in [0, 0.1) is 11.5 Å². The molecule has 0 aliphatic heterocycles. The molecule has 0 saturated heterocycles. The summed E-state index contributed by atoms with van der Waals surface area (Å²) in [5, 5.41) is 8.86. The number of hydrogen-bond acceptors (Lipinski definition) is 3. The largest absolute Gasteiger partial charge is 0.326 e. The summed E-state index contributed by atoms with van der Waals surface area (Å²) in [6.45, 7) is 1.31. The number of rotatable bonds is 1. The van der Waals surface area contributed by atoms with Crippen molar-refractivity contribution in [3.63, 3.8) is 0 Å². The number of imidazole rings is 1. The first-order valence-electron chi connectivity index (χ1n) is 4.94. The fourth-order valence-corrected chi connectivity index (χ4v) is 1.67. The van der Waals surface area contributed by atoms with Gasteiger partial charge < -0.3 is 4.98 Å². The lowest BCUT2D eigenvalue weighted by Crippen LogP contribution is -2.21.